The van der Waals surface area contributed by atoms with Crippen molar-refractivity contribution >= 4 is 11.6 Å². The average Bonchev–Trinajstić information content (AvgIpc) is 2.28. The van der Waals surface area contributed by atoms with Gasteiger partial charge in [0.25, 0.3) is 0 Å². The van der Waals surface area contributed by atoms with E-state index in [1.54, 1.807) is 12.1 Å². The van der Waals surface area contributed by atoms with Crippen LogP contribution in [0.3, 0.4) is 0 Å². The van der Waals surface area contributed by atoms with Crippen molar-refractivity contribution in [3.05, 3.63) is 29.8 Å². The Morgan fingerprint density at radius 1 is 1.25 bits per heavy atom. The van der Waals surface area contributed by atoms with E-state index in [9.17, 15) is 14.0 Å². The number of ether oxygens (including phenoxy) is 1. The largest absolute Gasteiger partial charge is 0.497 e. The number of ketones is 2. The second-order valence-electron chi connectivity index (χ2n) is 3.62. The van der Waals surface area contributed by atoms with Gasteiger partial charge < -0.3 is 4.74 Å². The van der Waals surface area contributed by atoms with Crippen molar-refractivity contribution in [3.8, 4) is 5.75 Å². The molecule has 0 saturated heterocycles. The van der Waals surface area contributed by atoms with Gasteiger partial charge in [0, 0.05) is 5.56 Å². The van der Waals surface area contributed by atoms with E-state index in [4.69, 9.17) is 4.74 Å². The fourth-order valence-electron chi connectivity index (χ4n) is 1.17. The van der Waals surface area contributed by atoms with Gasteiger partial charge in [0.15, 0.2) is 5.78 Å². The minimum atomic E-state index is -2.46. The number of hydrogen-bond acceptors (Lipinski definition) is 3. The highest BCUT2D eigenvalue weighted by Gasteiger charge is 2.38. The molecular weight excluding hydrogens is 211 g/mol. The van der Waals surface area contributed by atoms with Gasteiger partial charge >= 0.3 is 0 Å². The summed E-state index contributed by atoms with van der Waals surface area (Å²) in [5.41, 5.74) is -2.31. The van der Waals surface area contributed by atoms with Crippen LogP contribution in [0.1, 0.15) is 24.2 Å². The molecule has 86 valence electrons. The van der Waals surface area contributed by atoms with E-state index in [1.165, 1.54) is 19.2 Å². The van der Waals surface area contributed by atoms with Crippen LogP contribution in [0.2, 0.25) is 0 Å². The van der Waals surface area contributed by atoms with Crippen LogP contribution < -0.4 is 4.74 Å². The summed E-state index contributed by atoms with van der Waals surface area (Å²) in [6, 6.07) is 5.96. The smallest absolute Gasteiger partial charge is 0.227 e. The highest BCUT2D eigenvalue weighted by atomic mass is 19.1. The highest BCUT2D eigenvalue weighted by Crippen LogP contribution is 2.20. The SMILES string of the molecule is COc1ccc(C(=O)[C@@](C)(F)C(C)=O)cc1. The van der Waals surface area contributed by atoms with Crippen molar-refractivity contribution in [2.24, 2.45) is 0 Å². The number of alkyl halides is 1. The van der Waals surface area contributed by atoms with Gasteiger partial charge in [-0.15, -0.1) is 0 Å². The summed E-state index contributed by atoms with van der Waals surface area (Å²) in [6.07, 6.45) is 0. The van der Waals surface area contributed by atoms with Crippen LogP contribution in [0.15, 0.2) is 24.3 Å². The molecule has 1 atom stereocenters. The number of Topliss-reactive ketones (excluding diaryl/α,β-unsaturated/α-hetero) is 2. The van der Waals surface area contributed by atoms with Crippen LogP contribution in [0.4, 0.5) is 4.39 Å². The summed E-state index contributed by atoms with van der Waals surface area (Å²) in [5, 5.41) is 0. The molecule has 0 bridgehead atoms. The first-order chi connectivity index (χ1) is 7.39. The van der Waals surface area contributed by atoms with Crippen molar-refractivity contribution in [2.75, 3.05) is 7.11 Å². The van der Waals surface area contributed by atoms with E-state index in [0.717, 1.165) is 13.8 Å². The lowest BCUT2D eigenvalue weighted by atomic mass is 9.93. The molecule has 0 amide bonds. The van der Waals surface area contributed by atoms with Crippen molar-refractivity contribution in [2.45, 2.75) is 19.5 Å². The average molecular weight is 224 g/mol. The van der Waals surface area contributed by atoms with E-state index in [2.05, 4.69) is 0 Å². The van der Waals surface area contributed by atoms with E-state index < -0.39 is 17.2 Å². The molecule has 0 N–H and O–H groups in total. The zero-order chi connectivity index (χ0) is 12.3. The van der Waals surface area contributed by atoms with Gasteiger partial charge in [0.2, 0.25) is 11.5 Å². The lowest BCUT2D eigenvalue weighted by Crippen LogP contribution is -2.37. The van der Waals surface area contributed by atoms with Gasteiger partial charge in [-0.1, -0.05) is 0 Å². The maximum Gasteiger partial charge on any atom is 0.227 e. The zero-order valence-electron chi connectivity index (χ0n) is 9.41. The summed E-state index contributed by atoms with van der Waals surface area (Å²) in [7, 11) is 1.49. The van der Waals surface area contributed by atoms with Crippen LogP contribution in [-0.4, -0.2) is 24.3 Å². The third-order valence-corrected chi connectivity index (χ3v) is 2.44. The first kappa shape index (κ1) is 12.4. The third kappa shape index (κ3) is 2.27. The summed E-state index contributed by atoms with van der Waals surface area (Å²) >= 11 is 0. The Hall–Kier alpha value is -1.71. The maximum atomic E-state index is 13.7. The normalized spacial score (nSPS) is 14.0. The zero-order valence-corrected chi connectivity index (χ0v) is 9.41. The second kappa shape index (κ2) is 4.43. The fourth-order valence-corrected chi connectivity index (χ4v) is 1.17. The number of methoxy groups -OCH3 is 1. The first-order valence-corrected chi connectivity index (χ1v) is 4.78. The third-order valence-electron chi connectivity index (χ3n) is 2.44. The minimum Gasteiger partial charge on any atom is -0.497 e. The van der Waals surface area contributed by atoms with Gasteiger partial charge in [-0.05, 0) is 38.1 Å². The molecule has 4 heteroatoms. The van der Waals surface area contributed by atoms with Crippen LogP contribution in [-0.2, 0) is 4.79 Å². The Bertz CT molecular complexity index is 407. The molecule has 0 unspecified atom stereocenters. The number of carbonyl (C=O) groups is 2. The quantitative estimate of drug-likeness (QED) is 0.581. The van der Waals surface area contributed by atoms with Crippen molar-refractivity contribution in [1.82, 2.24) is 0 Å². The predicted molar refractivity (Wildman–Crippen MR) is 57.5 cm³/mol. The Kier molecular flexibility index (Phi) is 3.42. The minimum absolute atomic E-state index is 0.154. The second-order valence-corrected chi connectivity index (χ2v) is 3.62. The molecule has 0 spiro atoms. The molecule has 1 aromatic rings. The first-order valence-electron chi connectivity index (χ1n) is 4.78. The highest BCUT2D eigenvalue weighted by molar-refractivity contribution is 6.16. The molecule has 0 fully saturated rings. The number of halogens is 1. The van der Waals surface area contributed by atoms with Crippen molar-refractivity contribution in [3.63, 3.8) is 0 Å². The lowest BCUT2D eigenvalue weighted by Gasteiger charge is -2.15. The summed E-state index contributed by atoms with van der Waals surface area (Å²) in [4.78, 5) is 22.7. The Morgan fingerprint density at radius 3 is 2.12 bits per heavy atom. The molecule has 0 aliphatic carbocycles. The predicted octanol–water partition coefficient (Wildman–Crippen LogP) is 2.20. The number of carbonyl (C=O) groups excluding carboxylic acids is 2. The lowest BCUT2D eigenvalue weighted by molar-refractivity contribution is -0.124. The number of hydrogen-bond donors (Lipinski definition) is 0. The Morgan fingerprint density at radius 2 is 1.75 bits per heavy atom. The molecular formula is C12H13FO3. The number of rotatable bonds is 4. The van der Waals surface area contributed by atoms with Gasteiger partial charge in [0.1, 0.15) is 5.75 Å². The van der Waals surface area contributed by atoms with Crippen molar-refractivity contribution in [1.29, 1.82) is 0 Å². The van der Waals surface area contributed by atoms with E-state index in [0.29, 0.717) is 5.75 Å². The summed E-state index contributed by atoms with van der Waals surface area (Å²) in [6.45, 7) is 2.03. The van der Waals surface area contributed by atoms with Gasteiger partial charge in [-0.3, -0.25) is 9.59 Å². The van der Waals surface area contributed by atoms with Crippen LogP contribution >= 0.6 is 0 Å². The summed E-state index contributed by atoms with van der Waals surface area (Å²) < 4.78 is 18.7. The monoisotopic (exact) mass is 224 g/mol. The van der Waals surface area contributed by atoms with Gasteiger partial charge in [0.05, 0.1) is 7.11 Å². The van der Waals surface area contributed by atoms with E-state index in [1.807, 2.05) is 0 Å². The molecule has 0 saturated carbocycles. The van der Waals surface area contributed by atoms with Gasteiger partial charge in [-0.25, -0.2) is 4.39 Å². The Labute approximate surface area is 93.2 Å². The van der Waals surface area contributed by atoms with Crippen LogP contribution in [0, 0.1) is 0 Å². The molecule has 1 aromatic carbocycles. The topological polar surface area (TPSA) is 43.4 Å². The molecule has 0 radical (unpaired) electrons. The number of benzene rings is 1. The molecule has 0 aromatic heterocycles. The van der Waals surface area contributed by atoms with Crippen LogP contribution in [0.5, 0.6) is 5.75 Å². The maximum absolute atomic E-state index is 13.7. The van der Waals surface area contributed by atoms with Crippen molar-refractivity contribution < 1.29 is 18.7 Å². The molecule has 1 rings (SSSR count). The molecule has 0 aliphatic heterocycles. The molecule has 0 aliphatic rings. The molecule has 0 heterocycles. The molecule has 16 heavy (non-hydrogen) atoms. The standard InChI is InChI=1S/C12H13FO3/c1-8(14)12(2,13)11(15)9-4-6-10(16-3)7-5-9/h4-7H,1-3H3/t12-/m0/s1. The summed E-state index contributed by atoms with van der Waals surface area (Å²) in [5.74, 6) is -1.06. The van der Waals surface area contributed by atoms with E-state index >= 15 is 0 Å². The fraction of sp³-hybridized carbons (Fsp3) is 0.333. The molecule has 3 nitrogen and oxygen atoms in total. The van der Waals surface area contributed by atoms with Gasteiger partial charge in [-0.2, -0.15) is 0 Å². The Balaban J connectivity index is 3.01. The van der Waals surface area contributed by atoms with E-state index in [-0.39, 0.29) is 5.56 Å². The van der Waals surface area contributed by atoms with Crippen LogP contribution in [0.25, 0.3) is 0 Å².